The van der Waals surface area contributed by atoms with Gasteiger partial charge in [-0.15, -0.1) is 0 Å². The highest BCUT2D eigenvalue weighted by Gasteiger charge is 2.30. The fourth-order valence-corrected chi connectivity index (χ4v) is 4.42. The number of carbonyl (C=O) groups is 2. The third-order valence-corrected chi connectivity index (χ3v) is 6.54. The van der Waals surface area contributed by atoms with Crippen LogP contribution in [-0.4, -0.2) is 58.1 Å². The van der Waals surface area contributed by atoms with E-state index in [-0.39, 0.29) is 37.0 Å². The standard InChI is InChI=1S/C26H28BrN5O4/c1-15(14-33)29-26-28-11-22(27)24(31-26)18-7-8-19-12-32(25(35)21(19)10-18)13-23(34)30-16(2)17-5-4-6-20(9-17)36-3/h4-11,15-16,33H,12-14H2,1-3H3,(H,30,34)(H,28,29,31). The average molecular weight is 554 g/mol. The van der Waals surface area contributed by atoms with Gasteiger partial charge in [0.2, 0.25) is 11.9 Å². The maximum atomic E-state index is 13.1. The van der Waals surface area contributed by atoms with Crippen molar-refractivity contribution in [1.82, 2.24) is 20.2 Å². The smallest absolute Gasteiger partial charge is 0.254 e. The molecule has 2 amide bonds. The summed E-state index contributed by atoms with van der Waals surface area (Å²) in [5, 5.41) is 15.3. The zero-order valence-electron chi connectivity index (χ0n) is 20.3. The van der Waals surface area contributed by atoms with E-state index >= 15 is 0 Å². The number of ether oxygens (including phenoxy) is 1. The number of rotatable bonds is 9. The SMILES string of the molecule is COc1cccc(C(C)NC(=O)CN2Cc3ccc(-c4nc(NC(C)CO)ncc4Br)cc3C2=O)c1. The van der Waals surface area contributed by atoms with Crippen LogP contribution in [0.1, 0.15) is 41.4 Å². The Bertz CT molecular complexity index is 1280. The number of nitrogens with zero attached hydrogens (tertiary/aromatic N) is 3. The van der Waals surface area contributed by atoms with Crippen molar-refractivity contribution in [2.24, 2.45) is 0 Å². The quantitative estimate of drug-likeness (QED) is 0.371. The van der Waals surface area contributed by atoms with Gasteiger partial charge in [-0.2, -0.15) is 0 Å². The van der Waals surface area contributed by atoms with Gasteiger partial charge in [-0.1, -0.05) is 24.3 Å². The Labute approximate surface area is 218 Å². The lowest BCUT2D eigenvalue weighted by atomic mass is 10.0. The Hall–Kier alpha value is -3.50. The zero-order chi connectivity index (χ0) is 25.8. The average Bonchev–Trinajstić information content (AvgIpc) is 3.19. The largest absolute Gasteiger partial charge is 0.497 e. The number of hydrogen-bond donors (Lipinski definition) is 3. The van der Waals surface area contributed by atoms with Gasteiger partial charge in [0.15, 0.2) is 0 Å². The van der Waals surface area contributed by atoms with Gasteiger partial charge < -0.3 is 25.4 Å². The maximum Gasteiger partial charge on any atom is 0.254 e. The van der Waals surface area contributed by atoms with Crippen LogP contribution in [0.25, 0.3) is 11.3 Å². The lowest BCUT2D eigenvalue weighted by Crippen LogP contribution is -2.38. The number of anilines is 1. The van der Waals surface area contributed by atoms with Crippen LogP contribution < -0.4 is 15.4 Å². The summed E-state index contributed by atoms with van der Waals surface area (Å²) in [5.74, 6) is 0.660. The Morgan fingerprint density at radius 1 is 1.25 bits per heavy atom. The van der Waals surface area contributed by atoms with Crippen molar-refractivity contribution in [3.05, 3.63) is 69.8 Å². The van der Waals surface area contributed by atoms with E-state index in [9.17, 15) is 14.7 Å². The fourth-order valence-electron chi connectivity index (χ4n) is 4.00. The summed E-state index contributed by atoms with van der Waals surface area (Å²) in [4.78, 5) is 36.2. The van der Waals surface area contributed by atoms with Crippen molar-refractivity contribution >= 4 is 33.7 Å². The number of methoxy groups -OCH3 is 1. The van der Waals surface area contributed by atoms with Crippen LogP contribution in [0.15, 0.2) is 53.1 Å². The highest BCUT2D eigenvalue weighted by molar-refractivity contribution is 9.10. The molecule has 1 aromatic heterocycles. The van der Waals surface area contributed by atoms with E-state index in [2.05, 4.69) is 36.5 Å². The van der Waals surface area contributed by atoms with Crippen molar-refractivity contribution in [3.8, 4) is 17.0 Å². The fraction of sp³-hybridized carbons (Fsp3) is 0.308. The van der Waals surface area contributed by atoms with E-state index in [0.717, 1.165) is 22.4 Å². The molecule has 9 nitrogen and oxygen atoms in total. The molecule has 2 atom stereocenters. The minimum atomic E-state index is -0.237. The van der Waals surface area contributed by atoms with Gasteiger partial charge in [0.25, 0.3) is 5.91 Å². The van der Waals surface area contributed by atoms with Crippen LogP contribution in [0.2, 0.25) is 0 Å². The van der Waals surface area contributed by atoms with E-state index in [1.807, 2.05) is 50.2 Å². The number of aliphatic hydroxyl groups excluding tert-OH is 1. The molecule has 3 aromatic rings. The summed E-state index contributed by atoms with van der Waals surface area (Å²) >= 11 is 3.48. The van der Waals surface area contributed by atoms with Crippen LogP contribution >= 0.6 is 15.9 Å². The monoisotopic (exact) mass is 553 g/mol. The molecule has 1 aliphatic rings. The van der Waals surface area contributed by atoms with Crippen molar-refractivity contribution in [2.45, 2.75) is 32.5 Å². The van der Waals surface area contributed by atoms with Crippen LogP contribution in [0, 0.1) is 0 Å². The molecule has 3 N–H and O–H groups in total. The molecule has 10 heteroatoms. The number of aromatic nitrogens is 2. The minimum Gasteiger partial charge on any atom is -0.497 e. The molecule has 0 aliphatic carbocycles. The number of nitrogens with one attached hydrogen (secondary N) is 2. The Morgan fingerprint density at radius 2 is 2.06 bits per heavy atom. The first-order valence-electron chi connectivity index (χ1n) is 11.5. The van der Waals surface area contributed by atoms with Crippen LogP contribution in [-0.2, 0) is 11.3 Å². The molecule has 4 rings (SSSR count). The molecule has 0 saturated heterocycles. The summed E-state index contributed by atoms with van der Waals surface area (Å²) in [6.07, 6.45) is 1.63. The normalized spacial score (nSPS) is 14.2. The van der Waals surface area contributed by atoms with Gasteiger partial charge >= 0.3 is 0 Å². The number of halogens is 1. The molecule has 36 heavy (non-hydrogen) atoms. The predicted molar refractivity (Wildman–Crippen MR) is 140 cm³/mol. The topological polar surface area (TPSA) is 117 Å². The summed E-state index contributed by atoms with van der Waals surface area (Å²) in [6, 6.07) is 12.7. The number of fused-ring (bicyclic) bond motifs is 1. The number of carbonyl (C=O) groups excluding carboxylic acids is 2. The highest BCUT2D eigenvalue weighted by atomic mass is 79.9. The number of hydrogen-bond acceptors (Lipinski definition) is 7. The molecule has 188 valence electrons. The Morgan fingerprint density at radius 3 is 2.81 bits per heavy atom. The predicted octanol–water partition coefficient (Wildman–Crippen LogP) is 3.54. The number of amides is 2. The number of aliphatic hydroxyl groups is 1. The van der Waals surface area contributed by atoms with Gasteiger partial charge in [0, 0.05) is 29.9 Å². The lowest BCUT2D eigenvalue weighted by molar-refractivity contribution is -0.122. The van der Waals surface area contributed by atoms with Crippen molar-refractivity contribution in [3.63, 3.8) is 0 Å². The molecule has 0 spiro atoms. The molecular formula is C26H28BrN5O4. The van der Waals surface area contributed by atoms with Gasteiger partial charge in [-0.25, -0.2) is 9.97 Å². The van der Waals surface area contributed by atoms with Crippen LogP contribution in [0.4, 0.5) is 5.95 Å². The van der Waals surface area contributed by atoms with Gasteiger partial charge in [-0.05, 0) is 59.1 Å². The van der Waals surface area contributed by atoms with E-state index in [4.69, 9.17) is 4.74 Å². The van der Waals surface area contributed by atoms with E-state index in [0.29, 0.717) is 28.2 Å². The summed E-state index contributed by atoms with van der Waals surface area (Å²) in [6.45, 7) is 3.98. The molecule has 0 radical (unpaired) electrons. The summed E-state index contributed by atoms with van der Waals surface area (Å²) < 4.78 is 5.93. The van der Waals surface area contributed by atoms with E-state index in [1.165, 1.54) is 4.90 Å². The second kappa shape index (κ2) is 11.0. The van der Waals surface area contributed by atoms with Crippen LogP contribution in [0.3, 0.4) is 0 Å². The van der Waals surface area contributed by atoms with E-state index < -0.39 is 0 Å². The van der Waals surface area contributed by atoms with Crippen molar-refractivity contribution in [2.75, 3.05) is 25.6 Å². The lowest BCUT2D eigenvalue weighted by Gasteiger charge is -2.19. The Kier molecular flexibility index (Phi) is 7.85. The molecule has 0 fully saturated rings. The molecule has 2 aromatic carbocycles. The first-order valence-corrected chi connectivity index (χ1v) is 12.3. The molecule has 0 saturated carbocycles. The van der Waals surface area contributed by atoms with Gasteiger partial charge in [-0.3, -0.25) is 9.59 Å². The molecule has 2 heterocycles. The number of benzene rings is 2. The third kappa shape index (κ3) is 5.66. The second-order valence-corrected chi connectivity index (χ2v) is 9.57. The zero-order valence-corrected chi connectivity index (χ0v) is 21.9. The molecule has 0 bridgehead atoms. The molecule has 1 aliphatic heterocycles. The van der Waals surface area contributed by atoms with Gasteiger partial charge in [0.05, 0.1) is 29.9 Å². The first-order chi connectivity index (χ1) is 17.3. The Balaban J connectivity index is 1.46. The van der Waals surface area contributed by atoms with Crippen LogP contribution in [0.5, 0.6) is 5.75 Å². The van der Waals surface area contributed by atoms with E-state index in [1.54, 1.807) is 19.4 Å². The first kappa shape index (κ1) is 25.6. The maximum absolute atomic E-state index is 13.1. The van der Waals surface area contributed by atoms with Crippen molar-refractivity contribution in [1.29, 1.82) is 0 Å². The highest BCUT2D eigenvalue weighted by Crippen LogP contribution is 2.31. The summed E-state index contributed by atoms with van der Waals surface area (Å²) in [5.41, 5.74) is 3.69. The summed E-state index contributed by atoms with van der Waals surface area (Å²) in [7, 11) is 1.60. The minimum absolute atomic E-state index is 0.0402. The third-order valence-electron chi connectivity index (χ3n) is 5.96. The molecule has 2 unspecified atom stereocenters. The van der Waals surface area contributed by atoms with Gasteiger partial charge in [0.1, 0.15) is 12.3 Å². The second-order valence-electron chi connectivity index (χ2n) is 8.72. The molecular weight excluding hydrogens is 526 g/mol. The van der Waals surface area contributed by atoms with Crippen molar-refractivity contribution < 1.29 is 19.4 Å².